The van der Waals surface area contributed by atoms with Gasteiger partial charge in [-0.05, 0) is 45.8 Å². The first kappa shape index (κ1) is 15.9. The van der Waals surface area contributed by atoms with Crippen LogP contribution < -0.4 is 15.4 Å². The smallest absolute Gasteiger partial charge is 0.276 e. The molecule has 1 N–H and O–H groups in total. The van der Waals surface area contributed by atoms with Crippen molar-refractivity contribution in [2.24, 2.45) is 0 Å². The van der Waals surface area contributed by atoms with Crippen LogP contribution in [-0.2, 0) is 4.79 Å². The molecule has 0 atom stereocenters. The van der Waals surface area contributed by atoms with E-state index in [2.05, 4.69) is 31.2 Å². The lowest BCUT2D eigenvalue weighted by Crippen LogP contribution is -2.22. The van der Waals surface area contributed by atoms with Crippen molar-refractivity contribution in [1.82, 2.24) is 14.4 Å². The second-order valence-corrected chi connectivity index (χ2v) is 7.37. The van der Waals surface area contributed by atoms with Crippen LogP contribution in [-0.4, -0.2) is 20.3 Å². The molecule has 3 heterocycles. The van der Waals surface area contributed by atoms with Gasteiger partial charge >= 0.3 is 0 Å². The summed E-state index contributed by atoms with van der Waals surface area (Å²) < 4.78 is 2.94. The molecule has 0 saturated carbocycles. The van der Waals surface area contributed by atoms with Crippen molar-refractivity contribution in [3.8, 4) is 0 Å². The number of nitrogens with one attached hydrogen (secondary N) is 1. The molecule has 6 nitrogen and oxygen atoms in total. The molecule has 0 aliphatic heterocycles. The van der Waals surface area contributed by atoms with Crippen molar-refractivity contribution >= 4 is 61.1 Å². The Morgan fingerprint density at radius 2 is 2.08 bits per heavy atom. The number of hydrogen-bond acceptors (Lipinski definition) is 5. The van der Waals surface area contributed by atoms with E-state index in [1.165, 1.54) is 22.7 Å². The molecule has 0 saturated heterocycles. The maximum Gasteiger partial charge on any atom is 0.276 e. The molecule has 1 aromatic carbocycles. The Kier molecular flexibility index (Phi) is 3.85. The number of anilines is 1. The first-order valence-electron chi connectivity index (χ1n) is 7.37. The average molecular weight is 415 g/mol. The summed E-state index contributed by atoms with van der Waals surface area (Å²) in [6.45, 7) is 1.46. The highest BCUT2D eigenvalue weighted by atomic mass is 79.9. The Bertz CT molecular complexity index is 1230. The molecule has 1 amide bonds. The summed E-state index contributed by atoms with van der Waals surface area (Å²) in [6.07, 6.45) is 3.46. The summed E-state index contributed by atoms with van der Waals surface area (Å²) >= 11 is 4.68. The van der Waals surface area contributed by atoms with E-state index in [0.717, 1.165) is 10.0 Å². The number of imidazole rings is 1. The summed E-state index contributed by atoms with van der Waals surface area (Å²) in [5, 5.41) is 2.71. The number of fused-ring (bicyclic) bond motifs is 3. The van der Waals surface area contributed by atoms with E-state index in [0.29, 0.717) is 26.3 Å². The van der Waals surface area contributed by atoms with Gasteiger partial charge in [-0.2, -0.15) is 0 Å². The highest BCUT2D eigenvalue weighted by Gasteiger charge is 2.12. The van der Waals surface area contributed by atoms with Crippen molar-refractivity contribution in [3.63, 3.8) is 0 Å². The number of pyridine rings is 1. The number of aromatic nitrogens is 3. The first-order valence-corrected chi connectivity index (χ1v) is 8.98. The number of carbonyl (C=O) groups is 1. The van der Waals surface area contributed by atoms with Gasteiger partial charge < -0.3 is 5.32 Å². The van der Waals surface area contributed by atoms with Gasteiger partial charge in [0.05, 0.1) is 4.53 Å². The maximum atomic E-state index is 12.7. The molecular weight excluding hydrogens is 404 g/mol. The van der Waals surface area contributed by atoms with E-state index in [1.54, 1.807) is 18.3 Å². The number of amides is 1. The van der Waals surface area contributed by atoms with Crippen LogP contribution in [0.1, 0.15) is 12.5 Å². The van der Waals surface area contributed by atoms with Crippen LogP contribution in [0.5, 0.6) is 0 Å². The zero-order valence-corrected chi connectivity index (χ0v) is 15.4. The van der Waals surface area contributed by atoms with E-state index in [-0.39, 0.29) is 11.5 Å². The van der Waals surface area contributed by atoms with Gasteiger partial charge in [0.2, 0.25) is 5.91 Å². The molecule has 0 aliphatic rings. The van der Waals surface area contributed by atoms with Gasteiger partial charge in [-0.1, -0.05) is 23.5 Å². The predicted molar refractivity (Wildman–Crippen MR) is 102 cm³/mol. The van der Waals surface area contributed by atoms with E-state index >= 15 is 0 Å². The van der Waals surface area contributed by atoms with Gasteiger partial charge in [0.25, 0.3) is 5.56 Å². The summed E-state index contributed by atoms with van der Waals surface area (Å²) in [5.41, 5.74) is 2.69. The van der Waals surface area contributed by atoms with Gasteiger partial charge in [-0.15, -0.1) is 0 Å². The minimum absolute atomic E-state index is 0.121. The second kappa shape index (κ2) is 6.05. The van der Waals surface area contributed by atoms with Crippen molar-refractivity contribution < 1.29 is 4.79 Å². The number of halogens is 1. The lowest BCUT2D eigenvalue weighted by molar-refractivity contribution is -0.114. The molecule has 0 unspecified atom stereocenters. The lowest BCUT2D eigenvalue weighted by Gasteiger charge is -2.01. The fourth-order valence-corrected chi connectivity index (χ4v) is 3.83. The van der Waals surface area contributed by atoms with E-state index in [1.807, 2.05) is 24.3 Å². The van der Waals surface area contributed by atoms with E-state index < -0.39 is 0 Å². The molecule has 0 bridgehead atoms. The molecule has 8 heteroatoms. The second-order valence-electron chi connectivity index (χ2n) is 5.45. The Morgan fingerprint density at radius 3 is 2.80 bits per heavy atom. The van der Waals surface area contributed by atoms with Gasteiger partial charge in [-0.3, -0.25) is 9.59 Å². The zero-order valence-electron chi connectivity index (χ0n) is 13.0. The maximum absolute atomic E-state index is 12.7. The zero-order chi connectivity index (χ0) is 17.6. The Hall–Kier alpha value is -2.58. The number of nitrogens with zero attached hydrogens (tertiary/aromatic N) is 3. The minimum Gasteiger partial charge on any atom is -0.326 e. The highest BCUT2D eigenvalue weighted by molar-refractivity contribution is 9.10. The van der Waals surface area contributed by atoms with Crippen LogP contribution in [0.4, 0.5) is 5.69 Å². The fraction of sp³-hybridized carbons (Fsp3) is 0.0588. The third kappa shape index (κ3) is 2.94. The van der Waals surface area contributed by atoms with Crippen LogP contribution in [0.25, 0.3) is 22.2 Å². The summed E-state index contributed by atoms with van der Waals surface area (Å²) in [7, 11) is 0. The molecule has 0 radical (unpaired) electrons. The van der Waals surface area contributed by atoms with Crippen molar-refractivity contribution in [3.05, 3.63) is 61.5 Å². The SMILES string of the molecule is CC(=O)Nc1ccc(C=c2sc3nc4cc(Br)cnc4n3c2=O)cc1. The molecular formula is C17H11BrN4O2S. The van der Waals surface area contributed by atoms with Crippen LogP contribution in [0, 0.1) is 0 Å². The number of thiazole rings is 1. The number of benzene rings is 1. The summed E-state index contributed by atoms with van der Waals surface area (Å²) in [5.74, 6) is -0.121. The number of rotatable bonds is 2. The minimum atomic E-state index is -0.136. The van der Waals surface area contributed by atoms with Crippen LogP contribution in [0.3, 0.4) is 0 Å². The van der Waals surface area contributed by atoms with E-state index in [9.17, 15) is 9.59 Å². The van der Waals surface area contributed by atoms with Crippen LogP contribution in [0.2, 0.25) is 0 Å². The quantitative estimate of drug-likeness (QED) is 0.546. The van der Waals surface area contributed by atoms with E-state index in [4.69, 9.17) is 0 Å². The van der Waals surface area contributed by atoms with Crippen molar-refractivity contribution in [1.29, 1.82) is 0 Å². The summed E-state index contributed by atoms with van der Waals surface area (Å²) in [6, 6.07) is 9.13. The largest absolute Gasteiger partial charge is 0.326 e. The van der Waals surface area contributed by atoms with Gasteiger partial charge in [-0.25, -0.2) is 14.4 Å². The normalized spacial score (nSPS) is 12.2. The monoisotopic (exact) mass is 414 g/mol. The van der Waals surface area contributed by atoms with Crippen LogP contribution in [0.15, 0.2) is 45.8 Å². The number of hydrogen-bond donors (Lipinski definition) is 1. The standard InChI is InChI=1S/C17H11BrN4O2S/c1-9(23)20-12-4-2-10(3-5-12)6-14-16(24)22-15-13(21-17(22)25-14)7-11(18)8-19-15/h2-8H,1H3,(H,20,23). The molecule has 0 spiro atoms. The van der Waals surface area contributed by atoms with Crippen LogP contribution >= 0.6 is 27.3 Å². The Balaban J connectivity index is 1.81. The van der Waals surface area contributed by atoms with Gasteiger partial charge in [0, 0.05) is 23.3 Å². The molecule has 0 fully saturated rings. The third-order valence-electron chi connectivity index (χ3n) is 3.58. The molecule has 4 aromatic rings. The molecule has 25 heavy (non-hydrogen) atoms. The van der Waals surface area contributed by atoms with Gasteiger partial charge in [0.15, 0.2) is 10.6 Å². The predicted octanol–water partition coefficient (Wildman–Crippen LogP) is 2.57. The number of carbonyl (C=O) groups excluding carboxylic acids is 1. The topological polar surface area (TPSA) is 76.4 Å². The average Bonchev–Trinajstić information content (AvgIpc) is 3.05. The lowest BCUT2D eigenvalue weighted by atomic mass is 10.2. The Morgan fingerprint density at radius 1 is 1.32 bits per heavy atom. The van der Waals surface area contributed by atoms with Gasteiger partial charge in [0.1, 0.15) is 5.52 Å². The molecule has 4 rings (SSSR count). The Labute approximate surface area is 154 Å². The van der Waals surface area contributed by atoms with Crippen molar-refractivity contribution in [2.45, 2.75) is 6.92 Å². The first-order chi connectivity index (χ1) is 12.0. The highest BCUT2D eigenvalue weighted by Crippen LogP contribution is 2.18. The van der Waals surface area contributed by atoms with Crippen molar-refractivity contribution in [2.75, 3.05) is 5.32 Å². The molecule has 3 aromatic heterocycles. The summed E-state index contributed by atoms with van der Waals surface area (Å²) in [4.78, 5) is 33.1. The third-order valence-corrected chi connectivity index (χ3v) is 4.98. The molecule has 0 aliphatic carbocycles. The fourth-order valence-electron chi connectivity index (χ4n) is 2.53. The molecule has 124 valence electrons.